The molecule has 2 aromatic heterocycles. The Labute approximate surface area is 224 Å². The fourth-order valence-electron chi connectivity index (χ4n) is 3.64. The van der Waals surface area contributed by atoms with Crippen molar-refractivity contribution in [2.24, 2.45) is 0 Å². The summed E-state index contributed by atoms with van der Waals surface area (Å²) in [5.74, 6) is -1.56. The average Bonchev–Trinajstić information content (AvgIpc) is 2.97. The molecule has 0 atom stereocenters. The lowest BCUT2D eigenvalue weighted by Gasteiger charge is -2.08. The fraction of sp³-hybridized carbons (Fsp3) is 0.259. The lowest BCUT2D eigenvalue weighted by Crippen LogP contribution is -2.38. The summed E-state index contributed by atoms with van der Waals surface area (Å²) >= 11 is 0. The number of carbonyl (C=O) groups excluding carboxylic acids is 4. The first-order chi connectivity index (χ1) is 19.0. The molecule has 0 saturated heterocycles. The van der Waals surface area contributed by atoms with Crippen LogP contribution in [-0.4, -0.2) is 69.7 Å². The Kier molecular flexibility index (Phi) is 9.37. The van der Waals surface area contributed by atoms with Crippen molar-refractivity contribution in [1.29, 1.82) is 0 Å². The molecule has 0 bridgehead atoms. The SMILES string of the molecule is O=C(CNC(=O)c1cnc2ccccc2n1)NCCCCCNC(=O)CNC(=O)c1cnc2ccccc2n1. The molecule has 4 amide bonds. The summed E-state index contributed by atoms with van der Waals surface area (Å²) < 4.78 is 0. The smallest absolute Gasteiger partial charge is 0.271 e. The van der Waals surface area contributed by atoms with E-state index < -0.39 is 11.8 Å². The van der Waals surface area contributed by atoms with Crippen LogP contribution in [0.15, 0.2) is 60.9 Å². The van der Waals surface area contributed by atoms with Gasteiger partial charge in [0.05, 0.1) is 47.6 Å². The van der Waals surface area contributed by atoms with Crippen LogP contribution in [-0.2, 0) is 9.59 Å². The highest BCUT2D eigenvalue weighted by Crippen LogP contribution is 2.09. The summed E-state index contributed by atoms with van der Waals surface area (Å²) in [7, 11) is 0. The summed E-state index contributed by atoms with van der Waals surface area (Å²) in [6.45, 7) is 0.558. The van der Waals surface area contributed by atoms with Crippen molar-refractivity contribution in [2.75, 3.05) is 26.2 Å². The molecule has 39 heavy (non-hydrogen) atoms. The normalized spacial score (nSPS) is 10.7. The van der Waals surface area contributed by atoms with E-state index in [2.05, 4.69) is 41.2 Å². The molecule has 0 saturated carbocycles. The Morgan fingerprint density at radius 3 is 1.38 bits per heavy atom. The van der Waals surface area contributed by atoms with Crippen molar-refractivity contribution in [2.45, 2.75) is 19.3 Å². The van der Waals surface area contributed by atoms with Gasteiger partial charge in [-0.25, -0.2) is 9.97 Å². The van der Waals surface area contributed by atoms with Gasteiger partial charge in [0.1, 0.15) is 11.4 Å². The molecule has 0 spiro atoms. The highest BCUT2D eigenvalue weighted by Gasteiger charge is 2.12. The minimum Gasteiger partial charge on any atom is -0.355 e. The Hall–Kier alpha value is -5.00. The van der Waals surface area contributed by atoms with E-state index in [1.54, 1.807) is 24.3 Å². The van der Waals surface area contributed by atoms with Crippen LogP contribution in [0.1, 0.15) is 40.2 Å². The zero-order chi connectivity index (χ0) is 27.5. The van der Waals surface area contributed by atoms with Crippen LogP contribution in [0.5, 0.6) is 0 Å². The molecule has 0 aliphatic heterocycles. The van der Waals surface area contributed by atoms with Gasteiger partial charge in [0.2, 0.25) is 11.8 Å². The Morgan fingerprint density at radius 2 is 0.949 bits per heavy atom. The largest absolute Gasteiger partial charge is 0.355 e. The molecule has 4 rings (SSSR count). The predicted octanol–water partition coefficient (Wildman–Crippen LogP) is 1.14. The molecule has 200 valence electrons. The number of amides is 4. The zero-order valence-electron chi connectivity index (χ0n) is 21.1. The number of nitrogens with one attached hydrogen (secondary N) is 4. The molecule has 4 N–H and O–H groups in total. The number of para-hydroxylation sites is 4. The van der Waals surface area contributed by atoms with Crippen LogP contribution in [0.4, 0.5) is 0 Å². The lowest BCUT2D eigenvalue weighted by atomic mass is 10.2. The highest BCUT2D eigenvalue weighted by molar-refractivity contribution is 5.96. The van der Waals surface area contributed by atoms with Gasteiger partial charge in [-0.15, -0.1) is 0 Å². The van der Waals surface area contributed by atoms with E-state index in [9.17, 15) is 19.2 Å². The number of nitrogens with zero attached hydrogens (tertiary/aromatic N) is 4. The van der Waals surface area contributed by atoms with Gasteiger partial charge in [0.25, 0.3) is 11.8 Å². The molecule has 0 fully saturated rings. The molecule has 4 aromatic rings. The summed E-state index contributed by atoms with van der Waals surface area (Å²) in [5.41, 5.74) is 2.87. The van der Waals surface area contributed by atoms with Crippen LogP contribution in [0, 0.1) is 0 Å². The van der Waals surface area contributed by atoms with Crippen LogP contribution in [0.3, 0.4) is 0 Å². The molecule has 12 heteroatoms. The third-order valence-corrected chi connectivity index (χ3v) is 5.68. The standard InChI is InChI=1S/C27H28N8O4/c36-24(16-32-26(38)22-14-30-18-8-2-4-10-20(18)34-22)28-12-6-1-7-13-29-25(37)17-33-27(39)23-15-31-19-9-3-5-11-21(19)35-23/h2-5,8-11,14-15H,1,6-7,12-13,16-17H2,(H,28,36)(H,29,37)(H,32,38)(H,33,39). The topological polar surface area (TPSA) is 168 Å². The number of unbranched alkanes of at least 4 members (excludes halogenated alkanes) is 2. The number of hydrogen-bond donors (Lipinski definition) is 4. The van der Waals surface area contributed by atoms with E-state index in [0.717, 1.165) is 6.42 Å². The maximum Gasteiger partial charge on any atom is 0.271 e. The third kappa shape index (κ3) is 7.99. The van der Waals surface area contributed by atoms with Crippen LogP contribution >= 0.6 is 0 Å². The van der Waals surface area contributed by atoms with Gasteiger partial charge in [0, 0.05) is 13.1 Å². The molecule has 0 unspecified atom stereocenters. The molecule has 2 heterocycles. The first-order valence-corrected chi connectivity index (χ1v) is 12.5. The van der Waals surface area contributed by atoms with E-state index in [1.165, 1.54) is 12.4 Å². The Morgan fingerprint density at radius 1 is 0.538 bits per heavy atom. The second-order valence-electron chi connectivity index (χ2n) is 8.61. The van der Waals surface area contributed by atoms with Gasteiger partial charge in [-0.3, -0.25) is 29.1 Å². The molecule has 0 aliphatic carbocycles. The van der Waals surface area contributed by atoms with Crippen molar-refractivity contribution >= 4 is 45.7 Å². The number of benzene rings is 2. The minimum atomic E-state index is -0.472. The molecule has 0 radical (unpaired) electrons. The van der Waals surface area contributed by atoms with E-state index in [4.69, 9.17) is 0 Å². The number of carbonyl (C=O) groups is 4. The van der Waals surface area contributed by atoms with Crippen LogP contribution < -0.4 is 21.3 Å². The summed E-state index contributed by atoms with van der Waals surface area (Å²) in [6, 6.07) is 14.4. The second kappa shape index (κ2) is 13.5. The van der Waals surface area contributed by atoms with E-state index in [0.29, 0.717) is 48.0 Å². The van der Waals surface area contributed by atoms with Crippen molar-refractivity contribution in [3.05, 3.63) is 72.3 Å². The maximum absolute atomic E-state index is 12.2. The molecule has 2 aromatic carbocycles. The summed E-state index contributed by atoms with van der Waals surface area (Å²) in [5, 5.41) is 10.6. The molecular weight excluding hydrogens is 500 g/mol. The maximum atomic E-state index is 12.2. The minimum absolute atomic E-state index is 0.144. The van der Waals surface area contributed by atoms with E-state index >= 15 is 0 Å². The predicted molar refractivity (Wildman–Crippen MR) is 144 cm³/mol. The first-order valence-electron chi connectivity index (χ1n) is 12.5. The van der Waals surface area contributed by atoms with Gasteiger partial charge in [-0.1, -0.05) is 24.3 Å². The summed E-state index contributed by atoms with van der Waals surface area (Å²) in [6.07, 6.45) is 4.95. The Balaban J connectivity index is 1.03. The molecule has 0 aliphatic rings. The number of hydrogen-bond acceptors (Lipinski definition) is 8. The summed E-state index contributed by atoms with van der Waals surface area (Å²) in [4.78, 5) is 65.4. The second-order valence-corrected chi connectivity index (χ2v) is 8.61. The monoisotopic (exact) mass is 528 g/mol. The Bertz CT molecular complexity index is 1380. The van der Waals surface area contributed by atoms with E-state index in [-0.39, 0.29) is 36.3 Å². The number of fused-ring (bicyclic) bond motifs is 2. The van der Waals surface area contributed by atoms with Crippen molar-refractivity contribution in [3.63, 3.8) is 0 Å². The highest BCUT2D eigenvalue weighted by atomic mass is 16.2. The molecular formula is C27H28N8O4. The van der Waals surface area contributed by atoms with Gasteiger partial charge in [-0.2, -0.15) is 0 Å². The zero-order valence-corrected chi connectivity index (χ0v) is 21.1. The van der Waals surface area contributed by atoms with Gasteiger partial charge < -0.3 is 21.3 Å². The van der Waals surface area contributed by atoms with Crippen molar-refractivity contribution in [3.8, 4) is 0 Å². The molecule has 12 nitrogen and oxygen atoms in total. The number of aromatic nitrogens is 4. The van der Waals surface area contributed by atoms with Crippen LogP contribution in [0.25, 0.3) is 22.1 Å². The van der Waals surface area contributed by atoms with Gasteiger partial charge in [-0.05, 0) is 43.5 Å². The lowest BCUT2D eigenvalue weighted by molar-refractivity contribution is -0.120. The van der Waals surface area contributed by atoms with Gasteiger partial charge >= 0.3 is 0 Å². The number of rotatable bonds is 12. The van der Waals surface area contributed by atoms with Crippen molar-refractivity contribution < 1.29 is 19.2 Å². The van der Waals surface area contributed by atoms with E-state index in [1.807, 2.05) is 24.3 Å². The van der Waals surface area contributed by atoms with Gasteiger partial charge in [0.15, 0.2) is 0 Å². The van der Waals surface area contributed by atoms with Crippen molar-refractivity contribution in [1.82, 2.24) is 41.2 Å². The third-order valence-electron chi connectivity index (χ3n) is 5.68. The first kappa shape index (κ1) is 27.0. The quantitative estimate of drug-likeness (QED) is 0.199. The van der Waals surface area contributed by atoms with Crippen LogP contribution in [0.2, 0.25) is 0 Å². The fourth-order valence-corrected chi connectivity index (χ4v) is 3.64. The average molecular weight is 529 g/mol.